The zero-order valence-corrected chi connectivity index (χ0v) is 22.8. The van der Waals surface area contributed by atoms with E-state index in [1.165, 1.54) is 0 Å². The number of hydrogen-bond donors (Lipinski definition) is 4. The molecule has 1 heterocycles. The van der Waals surface area contributed by atoms with Crippen LogP contribution < -0.4 is 11.7 Å². The first-order chi connectivity index (χ1) is 20.5. The average Bonchev–Trinajstić information content (AvgIpc) is 3.33. The molecule has 0 atom stereocenters. The van der Waals surface area contributed by atoms with Gasteiger partial charge in [-0.2, -0.15) is 36.5 Å². The zero-order chi connectivity index (χ0) is 33.5. The Hall–Kier alpha value is -5.35. The number of hydrogen-bond acceptors (Lipinski definition) is 8. The summed E-state index contributed by atoms with van der Waals surface area (Å²) < 4.78 is 70.7. The highest BCUT2D eigenvalue weighted by molar-refractivity contribution is 5.91. The molecule has 11 nitrogen and oxygen atoms in total. The van der Waals surface area contributed by atoms with E-state index in [4.69, 9.17) is 36.2 Å². The van der Waals surface area contributed by atoms with Crippen molar-refractivity contribution >= 4 is 30.3 Å². The van der Waals surface area contributed by atoms with E-state index >= 15 is 0 Å². The number of carbonyl (C=O) groups is 3. The van der Waals surface area contributed by atoms with Gasteiger partial charge in [-0.1, -0.05) is 48.5 Å². The van der Waals surface area contributed by atoms with Gasteiger partial charge in [0.15, 0.2) is 0 Å². The van der Waals surface area contributed by atoms with Gasteiger partial charge >= 0.3 is 30.3 Å². The molecule has 0 bridgehead atoms. The van der Waals surface area contributed by atoms with Crippen molar-refractivity contribution in [3.05, 3.63) is 94.3 Å². The summed E-state index contributed by atoms with van der Waals surface area (Å²) in [6.45, 7) is 2.78. The van der Waals surface area contributed by atoms with E-state index in [-0.39, 0.29) is 5.97 Å². The highest BCUT2D eigenvalue weighted by Crippen LogP contribution is 2.19. The first-order valence-electron chi connectivity index (χ1n) is 12.1. The first-order valence-corrected chi connectivity index (χ1v) is 12.1. The Bertz CT molecular complexity index is 1410. The Kier molecular flexibility index (Phi) is 14.1. The van der Waals surface area contributed by atoms with Crippen LogP contribution in [0.4, 0.5) is 26.3 Å². The number of nitrogens with zero attached hydrogens (tertiary/aromatic N) is 3. The van der Waals surface area contributed by atoms with Crippen molar-refractivity contribution < 1.29 is 55.7 Å². The van der Waals surface area contributed by atoms with Crippen molar-refractivity contribution in [2.75, 3.05) is 6.61 Å². The Balaban J connectivity index is 0.000000574. The van der Waals surface area contributed by atoms with Gasteiger partial charge in [-0.25, -0.2) is 14.4 Å². The quantitative estimate of drug-likeness (QED) is 0.0940. The van der Waals surface area contributed by atoms with E-state index < -0.39 is 24.3 Å². The van der Waals surface area contributed by atoms with Crippen molar-refractivity contribution in [2.45, 2.75) is 32.2 Å². The van der Waals surface area contributed by atoms with Crippen LogP contribution in [0, 0.1) is 0 Å². The van der Waals surface area contributed by atoms with Crippen molar-refractivity contribution in [3.63, 3.8) is 0 Å². The summed E-state index contributed by atoms with van der Waals surface area (Å²) in [7, 11) is 0. The average molecular weight is 632 g/mol. The minimum absolute atomic E-state index is 0.312. The fourth-order valence-electron chi connectivity index (χ4n) is 3.21. The molecule has 0 aliphatic carbocycles. The van der Waals surface area contributed by atoms with Gasteiger partial charge in [0.25, 0.3) is 0 Å². The van der Waals surface area contributed by atoms with E-state index in [1.807, 2.05) is 65.5 Å². The topological polar surface area (TPSA) is 183 Å². The van der Waals surface area contributed by atoms with Crippen LogP contribution >= 0.6 is 0 Å². The minimum Gasteiger partial charge on any atom is -0.475 e. The molecule has 0 spiro atoms. The molecule has 0 aliphatic heterocycles. The van der Waals surface area contributed by atoms with E-state index in [9.17, 15) is 31.1 Å². The second kappa shape index (κ2) is 16.9. The maximum absolute atomic E-state index is 12.5. The van der Waals surface area contributed by atoms with Gasteiger partial charge in [0, 0.05) is 18.9 Å². The minimum atomic E-state index is -5.08. The maximum atomic E-state index is 12.5. The van der Waals surface area contributed by atoms with Crippen molar-refractivity contribution in [3.8, 4) is 0 Å². The number of benzene rings is 2. The predicted molar refractivity (Wildman–Crippen MR) is 146 cm³/mol. The molecule has 3 rings (SSSR count). The smallest absolute Gasteiger partial charge is 0.475 e. The van der Waals surface area contributed by atoms with E-state index in [1.54, 1.807) is 19.4 Å². The summed E-state index contributed by atoms with van der Waals surface area (Å²) in [4.78, 5) is 30.3. The number of aromatic nitrogens is 1. The summed E-state index contributed by atoms with van der Waals surface area (Å²) in [6.07, 6.45) is -2.52. The Morgan fingerprint density at radius 3 is 1.57 bits per heavy atom. The fraction of sp³-hybridized carbons (Fsp3) is 0.222. The number of hydrazone groups is 2. The zero-order valence-electron chi connectivity index (χ0n) is 22.8. The Labute approximate surface area is 246 Å². The largest absolute Gasteiger partial charge is 0.490 e. The lowest BCUT2D eigenvalue weighted by molar-refractivity contribution is -0.193. The predicted octanol–water partition coefficient (Wildman–Crippen LogP) is 4.16. The van der Waals surface area contributed by atoms with Crippen molar-refractivity contribution in [1.82, 2.24) is 4.57 Å². The third-order valence-corrected chi connectivity index (χ3v) is 5.11. The number of carboxylic acid groups (broad SMARTS) is 2. The number of halogens is 6. The molecule has 0 fully saturated rings. The summed E-state index contributed by atoms with van der Waals surface area (Å²) >= 11 is 0. The van der Waals surface area contributed by atoms with Crippen LogP contribution in [0.2, 0.25) is 0 Å². The number of aliphatic carboxylic acids is 2. The summed E-state index contributed by atoms with van der Waals surface area (Å²) in [5.74, 6) is 4.56. The molecule has 0 aliphatic rings. The van der Waals surface area contributed by atoms with Crippen LogP contribution in [0.25, 0.3) is 0 Å². The summed E-state index contributed by atoms with van der Waals surface area (Å²) in [5.41, 5.74) is 5.54. The van der Waals surface area contributed by atoms with Gasteiger partial charge in [0.2, 0.25) is 0 Å². The first kappa shape index (κ1) is 36.7. The lowest BCUT2D eigenvalue weighted by Gasteiger charge is -2.04. The standard InChI is InChI=1S/C23H25N5O2.2C2HF3O2/c1-2-30-23(29)22-16-28(14-20-9-7-19(8-10-20)13-27-25)15-21(22)11-17-3-5-18(6-4-17)12-26-24;2*3-2(4,5)1(6)7/h3-10,12-13,15-16H,2,11,14,24-25H2,1H3;2*(H,6,7). The SMILES string of the molecule is CCOC(=O)c1cn(Cc2ccc(C=NN)cc2)cc1Cc1ccc(C=NN)cc1.O=C(O)C(F)(F)F.O=C(O)C(F)(F)F. The van der Waals surface area contributed by atoms with Gasteiger partial charge in [-0.15, -0.1) is 0 Å². The highest BCUT2D eigenvalue weighted by Gasteiger charge is 2.38. The molecule has 1 aromatic heterocycles. The van der Waals surface area contributed by atoms with Crippen molar-refractivity contribution in [2.24, 2.45) is 21.9 Å². The van der Waals surface area contributed by atoms with Gasteiger partial charge in [0.05, 0.1) is 24.6 Å². The lowest BCUT2D eigenvalue weighted by Crippen LogP contribution is -2.21. The third kappa shape index (κ3) is 13.1. The summed E-state index contributed by atoms with van der Waals surface area (Å²) in [6, 6.07) is 15.8. The van der Waals surface area contributed by atoms with Gasteiger partial charge in [0.1, 0.15) is 0 Å². The monoisotopic (exact) mass is 631 g/mol. The normalized spacial score (nSPS) is 11.3. The molecule has 0 saturated heterocycles. The van der Waals surface area contributed by atoms with Crippen LogP contribution in [0.5, 0.6) is 0 Å². The van der Waals surface area contributed by atoms with Crippen molar-refractivity contribution in [1.29, 1.82) is 0 Å². The molecule has 3 aromatic rings. The molecule has 17 heteroatoms. The van der Waals surface area contributed by atoms with Crippen LogP contribution in [-0.2, 0) is 27.3 Å². The molecule has 0 saturated carbocycles. The van der Waals surface area contributed by atoms with Crippen LogP contribution in [-0.4, -0.2) is 64.1 Å². The Morgan fingerprint density at radius 1 is 0.795 bits per heavy atom. The molecule has 0 unspecified atom stereocenters. The number of nitrogens with two attached hydrogens (primary N) is 2. The van der Waals surface area contributed by atoms with E-state index in [0.717, 1.165) is 27.8 Å². The molecule has 2 aromatic carbocycles. The second-order valence-corrected chi connectivity index (χ2v) is 8.41. The fourth-order valence-corrected chi connectivity index (χ4v) is 3.21. The molecule has 44 heavy (non-hydrogen) atoms. The lowest BCUT2D eigenvalue weighted by atomic mass is 10.0. The second-order valence-electron chi connectivity index (χ2n) is 8.41. The van der Waals surface area contributed by atoms with Crippen LogP contribution in [0.3, 0.4) is 0 Å². The third-order valence-electron chi connectivity index (χ3n) is 5.11. The molecular weight excluding hydrogens is 604 g/mol. The highest BCUT2D eigenvalue weighted by atomic mass is 19.4. The van der Waals surface area contributed by atoms with E-state index in [0.29, 0.717) is 25.1 Å². The number of alkyl halides is 6. The Morgan fingerprint density at radius 2 is 1.20 bits per heavy atom. The van der Waals surface area contributed by atoms with Gasteiger partial charge in [-0.3, -0.25) is 0 Å². The molecule has 0 amide bonds. The number of carboxylic acids is 2. The van der Waals surface area contributed by atoms with E-state index in [2.05, 4.69) is 10.2 Å². The number of ether oxygens (including phenoxy) is 1. The maximum Gasteiger partial charge on any atom is 0.490 e. The molecule has 238 valence electrons. The van der Waals surface area contributed by atoms with Crippen LogP contribution in [0.15, 0.2) is 71.1 Å². The number of esters is 1. The van der Waals surface area contributed by atoms with Gasteiger partial charge in [-0.05, 0) is 41.2 Å². The molecule has 0 radical (unpaired) electrons. The van der Waals surface area contributed by atoms with Gasteiger partial charge < -0.3 is 31.2 Å². The number of rotatable bonds is 8. The molecule has 6 N–H and O–H groups in total. The summed E-state index contributed by atoms with van der Waals surface area (Å²) in [5, 5.41) is 21.3. The molecular formula is C27H27F6N5O6. The number of carbonyl (C=O) groups excluding carboxylic acids is 1. The van der Waals surface area contributed by atoms with Crippen LogP contribution in [0.1, 0.15) is 45.1 Å².